The highest BCUT2D eigenvalue weighted by molar-refractivity contribution is 6.10. The van der Waals surface area contributed by atoms with Gasteiger partial charge in [-0.05, 0) is 58.4 Å². The van der Waals surface area contributed by atoms with Crippen LogP contribution in [0, 0.1) is 13.8 Å². The molecule has 150 valence electrons. The number of carbonyl (C=O) groups is 2. The lowest BCUT2D eigenvalue weighted by Crippen LogP contribution is -2.26. The van der Waals surface area contributed by atoms with Crippen LogP contribution >= 0.6 is 0 Å². The number of hydrogen-bond donors (Lipinski definition) is 1. The fraction of sp³-hybridized carbons (Fsp3) is 0.368. The zero-order valence-corrected chi connectivity index (χ0v) is 16.1. The fourth-order valence-electron chi connectivity index (χ4n) is 2.18. The Morgan fingerprint density at radius 1 is 1.07 bits per heavy atom. The summed E-state index contributed by atoms with van der Waals surface area (Å²) in [6, 6.07) is 2.26. The summed E-state index contributed by atoms with van der Waals surface area (Å²) < 4.78 is 44.3. The van der Waals surface area contributed by atoms with E-state index in [1.807, 2.05) is 0 Å². The van der Waals surface area contributed by atoms with Crippen LogP contribution < -0.4 is 5.32 Å². The number of nitrogens with one attached hydrogen (secondary N) is 1. The highest BCUT2D eigenvalue weighted by Gasteiger charge is 2.33. The number of halogens is 3. The normalized spacial score (nSPS) is 11.9. The van der Waals surface area contributed by atoms with Crippen molar-refractivity contribution in [1.82, 2.24) is 9.97 Å². The molecule has 0 aliphatic heterocycles. The van der Waals surface area contributed by atoms with Gasteiger partial charge in [-0.1, -0.05) is 0 Å². The molecule has 28 heavy (non-hydrogen) atoms. The van der Waals surface area contributed by atoms with Gasteiger partial charge < -0.3 is 4.74 Å². The maximum absolute atomic E-state index is 13.1. The monoisotopic (exact) mass is 395 g/mol. The zero-order valence-electron chi connectivity index (χ0n) is 16.1. The minimum atomic E-state index is -4.68. The number of benzene rings is 1. The van der Waals surface area contributed by atoms with Crippen LogP contribution in [0.25, 0.3) is 0 Å². The summed E-state index contributed by atoms with van der Waals surface area (Å²) >= 11 is 0. The van der Waals surface area contributed by atoms with Crippen LogP contribution in [-0.2, 0) is 10.9 Å². The minimum Gasteiger partial charge on any atom is -0.456 e. The van der Waals surface area contributed by atoms with Crippen LogP contribution in [0.4, 0.5) is 19.1 Å². The molecule has 1 amide bonds. The van der Waals surface area contributed by atoms with E-state index in [9.17, 15) is 22.8 Å². The van der Waals surface area contributed by atoms with Gasteiger partial charge in [-0.25, -0.2) is 14.8 Å². The second-order valence-electron chi connectivity index (χ2n) is 7.18. The molecule has 0 fully saturated rings. The molecule has 1 heterocycles. The van der Waals surface area contributed by atoms with Crippen molar-refractivity contribution in [3.63, 3.8) is 0 Å². The number of carbonyl (C=O) groups excluding carboxylic acids is 2. The summed E-state index contributed by atoms with van der Waals surface area (Å²) in [5.41, 5.74) is -1.34. The van der Waals surface area contributed by atoms with Gasteiger partial charge in [-0.15, -0.1) is 0 Å². The highest BCUT2D eigenvalue weighted by atomic mass is 19.4. The minimum absolute atomic E-state index is 0.0249. The number of rotatable bonds is 3. The van der Waals surface area contributed by atoms with E-state index in [4.69, 9.17) is 4.74 Å². The lowest BCUT2D eigenvalue weighted by atomic mass is 10.0. The third kappa shape index (κ3) is 5.28. The Bertz CT molecular complexity index is 919. The third-order valence-corrected chi connectivity index (χ3v) is 3.66. The fourth-order valence-corrected chi connectivity index (χ4v) is 2.18. The van der Waals surface area contributed by atoms with Crippen molar-refractivity contribution >= 4 is 17.8 Å². The van der Waals surface area contributed by atoms with E-state index in [0.29, 0.717) is 11.8 Å². The van der Waals surface area contributed by atoms with Crippen molar-refractivity contribution in [3.8, 4) is 0 Å². The molecule has 0 saturated carbocycles. The Labute approximate surface area is 160 Å². The molecule has 1 aromatic carbocycles. The van der Waals surface area contributed by atoms with E-state index >= 15 is 0 Å². The molecule has 0 atom stereocenters. The first kappa shape index (κ1) is 21.3. The quantitative estimate of drug-likeness (QED) is 0.783. The standard InChI is InChI=1S/C19H20F3N3O3/c1-10-9-23-17(24-11(10)2)25-15(26)13-7-6-12(19(20,21)22)8-14(13)16(27)28-18(3,4)5/h6-9H,1-5H3,(H,23,24,25,26). The molecule has 0 aliphatic carbocycles. The Morgan fingerprint density at radius 3 is 2.25 bits per heavy atom. The van der Waals surface area contributed by atoms with E-state index in [0.717, 1.165) is 17.7 Å². The van der Waals surface area contributed by atoms with E-state index < -0.39 is 34.8 Å². The van der Waals surface area contributed by atoms with Gasteiger partial charge in [-0.3, -0.25) is 10.1 Å². The Balaban J connectivity index is 2.44. The number of aryl methyl sites for hydroxylation is 2. The summed E-state index contributed by atoms with van der Waals surface area (Å²) in [7, 11) is 0. The largest absolute Gasteiger partial charge is 0.456 e. The van der Waals surface area contributed by atoms with Crippen molar-refractivity contribution in [1.29, 1.82) is 0 Å². The lowest BCUT2D eigenvalue weighted by Gasteiger charge is -2.21. The average Bonchev–Trinajstić information content (AvgIpc) is 2.55. The van der Waals surface area contributed by atoms with Crippen LogP contribution in [0.2, 0.25) is 0 Å². The van der Waals surface area contributed by atoms with Crippen LogP contribution in [0.3, 0.4) is 0 Å². The molecule has 0 radical (unpaired) electrons. The number of anilines is 1. The van der Waals surface area contributed by atoms with Crippen molar-refractivity contribution in [2.45, 2.75) is 46.4 Å². The molecule has 0 saturated heterocycles. The van der Waals surface area contributed by atoms with Gasteiger partial charge >= 0.3 is 12.1 Å². The van der Waals surface area contributed by atoms with Gasteiger partial charge in [-0.2, -0.15) is 13.2 Å². The van der Waals surface area contributed by atoms with Crippen molar-refractivity contribution in [2.75, 3.05) is 5.32 Å². The molecule has 2 aromatic rings. The summed E-state index contributed by atoms with van der Waals surface area (Å²) in [5, 5.41) is 2.39. The predicted molar refractivity (Wildman–Crippen MR) is 96.1 cm³/mol. The van der Waals surface area contributed by atoms with E-state index in [-0.39, 0.29) is 11.5 Å². The molecule has 6 nitrogen and oxygen atoms in total. The molecular formula is C19H20F3N3O3. The molecule has 9 heteroatoms. The molecular weight excluding hydrogens is 375 g/mol. The topological polar surface area (TPSA) is 81.2 Å². The van der Waals surface area contributed by atoms with Crippen LogP contribution in [-0.4, -0.2) is 27.4 Å². The number of amides is 1. The second-order valence-corrected chi connectivity index (χ2v) is 7.18. The molecule has 2 rings (SSSR count). The van der Waals surface area contributed by atoms with Crippen molar-refractivity contribution in [2.24, 2.45) is 0 Å². The van der Waals surface area contributed by atoms with Crippen LogP contribution in [0.1, 0.15) is 58.3 Å². The first-order valence-electron chi connectivity index (χ1n) is 8.34. The lowest BCUT2D eigenvalue weighted by molar-refractivity contribution is -0.137. The van der Waals surface area contributed by atoms with Gasteiger partial charge in [0.05, 0.1) is 16.7 Å². The Hall–Kier alpha value is -2.97. The van der Waals surface area contributed by atoms with Crippen molar-refractivity contribution < 1.29 is 27.5 Å². The van der Waals surface area contributed by atoms with Crippen LogP contribution in [0.5, 0.6) is 0 Å². The van der Waals surface area contributed by atoms with E-state index in [2.05, 4.69) is 15.3 Å². The van der Waals surface area contributed by atoms with E-state index in [1.54, 1.807) is 34.6 Å². The maximum Gasteiger partial charge on any atom is 0.416 e. The molecule has 0 spiro atoms. The first-order valence-corrected chi connectivity index (χ1v) is 8.34. The molecule has 0 unspecified atom stereocenters. The number of esters is 1. The highest BCUT2D eigenvalue weighted by Crippen LogP contribution is 2.31. The molecule has 0 aliphatic rings. The molecule has 1 N–H and O–H groups in total. The van der Waals surface area contributed by atoms with Gasteiger partial charge in [0.15, 0.2) is 0 Å². The Kier molecular flexibility index (Phi) is 5.77. The third-order valence-electron chi connectivity index (χ3n) is 3.66. The number of ether oxygens (including phenoxy) is 1. The van der Waals surface area contributed by atoms with Gasteiger partial charge in [0.25, 0.3) is 5.91 Å². The first-order chi connectivity index (χ1) is 12.8. The molecule has 0 bridgehead atoms. The van der Waals surface area contributed by atoms with Gasteiger partial charge in [0.1, 0.15) is 5.60 Å². The summed E-state index contributed by atoms with van der Waals surface area (Å²) in [6.45, 7) is 8.22. The second kappa shape index (κ2) is 7.57. The van der Waals surface area contributed by atoms with Crippen LogP contribution in [0.15, 0.2) is 24.4 Å². The number of nitrogens with zero attached hydrogens (tertiary/aromatic N) is 2. The van der Waals surface area contributed by atoms with Crippen molar-refractivity contribution in [3.05, 3.63) is 52.3 Å². The average molecular weight is 395 g/mol. The maximum atomic E-state index is 13.1. The SMILES string of the molecule is Cc1cnc(NC(=O)c2ccc(C(F)(F)F)cc2C(=O)OC(C)(C)C)nc1C. The predicted octanol–water partition coefficient (Wildman–Crippen LogP) is 4.32. The summed E-state index contributed by atoms with van der Waals surface area (Å²) in [4.78, 5) is 33.0. The smallest absolute Gasteiger partial charge is 0.416 e. The summed E-state index contributed by atoms with van der Waals surface area (Å²) in [5.74, 6) is -1.88. The van der Waals surface area contributed by atoms with Gasteiger partial charge in [0.2, 0.25) is 5.95 Å². The number of alkyl halides is 3. The van der Waals surface area contributed by atoms with Gasteiger partial charge in [0, 0.05) is 11.9 Å². The zero-order chi connectivity index (χ0) is 21.3. The Morgan fingerprint density at radius 2 is 1.71 bits per heavy atom. The number of aromatic nitrogens is 2. The number of hydrogen-bond acceptors (Lipinski definition) is 5. The molecule has 1 aromatic heterocycles. The van der Waals surface area contributed by atoms with E-state index in [1.165, 1.54) is 6.20 Å². The summed E-state index contributed by atoms with van der Waals surface area (Å²) in [6.07, 6.45) is -3.18.